The second-order valence-electron chi connectivity index (χ2n) is 4.79. The van der Waals surface area contributed by atoms with Crippen molar-refractivity contribution in [2.45, 2.75) is 19.9 Å². The molecule has 0 aliphatic carbocycles. The molecule has 0 aliphatic rings. The second-order valence-corrected chi connectivity index (χ2v) is 6.03. The Labute approximate surface area is 134 Å². The molecule has 0 bridgehead atoms. The number of benzene rings is 2. The molecule has 2 rings (SSSR count). The zero-order valence-corrected chi connectivity index (χ0v) is 14.3. The fraction of sp³-hybridized carbons (Fsp3) is 0.294. The van der Waals surface area contributed by atoms with Crippen molar-refractivity contribution in [3.05, 3.63) is 62.7 Å². The maximum Gasteiger partial charge on any atom is 0.123 e. The Balaban J connectivity index is 2.47. The van der Waals surface area contributed by atoms with E-state index < -0.39 is 0 Å². The molecule has 0 radical (unpaired) electrons. The van der Waals surface area contributed by atoms with Gasteiger partial charge in [-0.2, -0.15) is 0 Å². The summed E-state index contributed by atoms with van der Waals surface area (Å²) in [6.07, 6.45) is 0. The minimum atomic E-state index is 0.159. The van der Waals surface area contributed by atoms with Crippen LogP contribution < -0.4 is 10.1 Å². The van der Waals surface area contributed by atoms with Crippen molar-refractivity contribution in [3.63, 3.8) is 0 Å². The molecule has 0 saturated carbocycles. The van der Waals surface area contributed by atoms with Crippen LogP contribution >= 0.6 is 22.6 Å². The molecule has 0 aromatic heterocycles. The topological polar surface area (TPSA) is 21.3 Å². The minimum Gasteiger partial charge on any atom is -0.496 e. The van der Waals surface area contributed by atoms with E-state index in [0.717, 1.165) is 12.3 Å². The Morgan fingerprint density at radius 1 is 1.15 bits per heavy atom. The highest BCUT2D eigenvalue weighted by Gasteiger charge is 2.17. The first-order valence-corrected chi connectivity index (χ1v) is 7.87. The SMILES string of the molecule is CCNC(c1ccc(I)cc1)c1cc(C)ccc1OC. The molecule has 2 aromatic carbocycles. The number of nitrogens with one attached hydrogen (secondary N) is 1. The van der Waals surface area contributed by atoms with E-state index in [1.165, 1.54) is 20.3 Å². The number of hydrogen-bond donors (Lipinski definition) is 1. The van der Waals surface area contributed by atoms with Gasteiger partial charge < -0.3 is 10.1 Å². The van der Waals surface area contributed by atoms with Crippen molar-refractivity contribution in [2.75, 3.05) is 13.7 Å². The van der Waals surface area contributed by atoms with E-state index in [1.54, 1.807) is 7.11 Å². The molecule has 1 atom stereocenters. The van der Waals surface area contributed by atoms with Gasteiger partial charge in [0.2, 0.25) is 0 Å². The van der Waals surface area contributed by atoms with Crippen LogP contribution in [0.5, 0.6) is 5.75 Å². The van der Waals surface area contributed by atoms with Crippen LogP contribution in [0.25, 0.3) is 0 Å². The summed E-state index contributed by atoms with van der Waals surface area (Å²) in [5, 5.41) is 3.55. The van der Waals surface area contributed by atoms with E-state index in [1.807, 2.05) is 6.07 Å². The third kappa shape index (κ3) is 3.52. The molecule has 1 N–H and O–H groups in total. The quantitative estimate of drug-likeness (QED) is 0.780. The maximum atomic E-state index is 5.53. The van der Waals surface area contributed by atoms with E-state index in [2.05, 4.69) is 78.2 Å². The standard InChI is InChI=1S/C17H20INO/c1-4-19-17(13-6-8-14(18)9-7-13)15-11-12(2)5-10-16(15)20-3/h5-11,17,19H,4H2,1-3H3. The minimum absolute atomic E-state index is 0.159. The van der Waals surface area contributed by atoms with Crippen molar-refractivity contribution in [3.8, 4) is 5.75 Å². The van der Waals surface area contributed by atoms with Crippen LogP contribution in [0.3, 0.4) is 0 Å². The van der Waals surface area contributed by atoms with Crippen LogP contribution in [0.2, 0.25) is 0 Å². The molecule has 0 aliphatic heterocycles. The van der Waals surface area contributed by atoms with Gasteiger partial charge in [0.1, 0.15) is 5.75 Å². The summed E-state index contributed by atoms with van der Waals surface area (Å²) >= 11 is 2.33. The molecule has 0 amide bonds. The van der Waals surface area contributed by atoms with Crippen molar-refractivity contribution < 1.29 is 4.74 Å². The lowest BCUT2D eigenvalue weighted by atomic mass is 9.96. The van der Waals surface area contributed by atoms with E-state index >= 15 is 0 Å². The monoisotopic (exact) mass is 381 g/mol. The van der Waals surface area contributed by atoms with Gasteiger partial charge >= 0.3 is 0 Å². The normalized spacial score (nSPS) is 12.2. The average Bonchev–Trinajstić information content (AvgIpc) is 2.46. The molecule has 3 heteroatoms. The van der Waals surface area contributed by atoms with Gasteiger partial charge in [0.15, 0.2) is 0 Å². The average molecular weight is 381 g/mol. The number of hydrogen-bond acceptors (Lipinski definition) is 2. The van der Waals surface area contributed by atoms with Gasteiger partial charge in [0.05, 0.1) is 13.2 Å². The van der Waals surface area contributed by atoms with Gasteiger partial charge in [-0.25, -0.2) is 0 Å². The fourth-order valence-electron chi connectivity index (χ4n) is 2.35. The molecule has 0 heterocycles. The second kappa shape index (κ2) is 7.09. The smallest absolute Gasteiger partial charge is 0.123 e. The number of halogens is 1. The zero-order valence-electron chi connectivity index (χ0n) is 12.1. The van der Waals surface area contributed by atoms with Crippen LogP contribution in [0.15, 0.2) is 42.5 Å². The summed E-state index contributed by atoms with van der Waals surface area (Å²) in [6.45, 7) is 5.15. The largest absolute Gasteiger partial charge is 0.496 e. The molecule has 2 nitrogen and oxygen atoms in total. The van der Waals surface area contributed by atoms with Crippen molar-refractivity contribution in [2.24, 2.45) is 0 Å². The van der Waals surface area contributed by atoms with Crippen molar-refractivity contribution in [1.82, 2.24) is 5.32 Å². The Bertz CT molecular complexity index is 566. The number of rotatable bonds is 5. The van der Waals surface area contributed by atoms with Gasteiger partial charge in [-0.15, -0.1) is 0 Å². The Morgan fingerprint density at radius 2 is 1.85 bits per heavy atom. The first kappa shape index (κ1) is 15.3. The highest BCUT2D eigenvalue weighted by Crippen LogP contribution is 2.31. The van der Waals surface area contributed by atoms with E-state index in [-0.39, 0.29) is 6.04 Å². The zero-order chi connectivity index (χ0) is 14.5. The van der Waals surface area contributed by atoms with Crippen LogP contribution in [-0.4, -0.2) is 13.7 Å². The molecule has 1 unspecified atom stereocenters. The first-order valence-electron chi connectivity index (χ1n) is 6.79. The van der Waals surface area contributed by atoms with E-state index in [4.69, 9.17) is 4.74 Å². The highest BCUT2D eigenvalue weighted by atomic mass is 127. The molecule has 0 spiro atoms. The molecular formula is C17H20INO. The number of methoxy groups -OCH3 is 1. The van der Waals surface area contributed by atoms with Crippen LogP contribution in [0.4, 0.5) is 0 Å². The Morgan fingerprint density at radius 3 is 2.45 bits per heavy atom. The van der Waals surface area contributed by atoms with Gasteiger partial charge in [0.25, 0.3) is 0 Å². The lowest BCUT2D eigenvalue weighted by Crippen LogP contribution is -2.22. The van der Waals surface area contributed by atoms with Gasteiger partial charge in [-0.3, -0.25) is 0 Å². The number of aryl methyl sites for hydroxylation is 1. The lowest BCUT2D eigenvalue weighted by molar-refractivity contribution is 0.404. The molecule has 20 heavy (non-hydrogen) atoms. The predicted octanol–water partition coefficient (Wildman–Crippen LogP) is 4.31. The van der Waals surface area contributed by atoms with Crippen LogP contribution in [0.1, 0.15) is 29.7 Å². The summed E-state index contributed by atoms with van der Waals surface area (Å²) in [7, 11) is 1.73. The van der Waals surface area contributed by atoms with Gasteiger partial charge in [-0.05, 0) is 59.8 Å². The molecule has 106 valence electrons. The van der Waals surface area contributed by atoms with Crippen LogP contribution in [0, 0.1) is 10.5 Å². The van der Waals surface area contributed by atoms with E-state index in [0.29, 0.717) is 0 Å². The summed E-state index contributed by atoms with van der Waals surface area (Å²) in [5.41, 5.74) is 3.70. The highest BCUT2D eigenvalue weighted by molar-refractivity contribution is 14.1. The summed E-state index contributed by atoms with van der Waals surface area (Å²) < 4.78 is 6.78. The van der Waals surface area contributed by atoms with Crippen molar-refractivity contribution >= 4 is 22.6 Å². The van der Waals surface area contributed by atoms with E-state index in [9.17, 15) is 0 Å². The summed E-state index contributed by atoms with van der Waals surface area (Å²) in [5.74, 6) is 0.931. The third-order valence-electron chi connectivity index (χ3n) is 3.31. The van der Waals surface area contributed by atoms with Crippen LogP contribution in [-0.2, 0) is 0 Å². The first-order chi connectivity index (χ1) is 9.65. The summed E-state index contributed by atoms with van der Waals surface area (Å²) in [4.78, 5) is 0. The fourth-order valence-corrected chi connectivity index (χ4v) is 2.71. The predicted molar refractivity (Wildman–Crippen MR) is 92.4 cm³/mol. The van der Waals surface area contributed by atoms with Gasteiger partial charge in [0, 0.05) is 9.13 Å². The Hall–Kier alpha value is -1.07. The maximum absolute atomic E-state index is 5.53. The molecule has 0 saturated heterocycles. The Kier molecular flexibility index (Phi) is 5.43. The lowest BCUT2D eigenvalue weighted by Gasteiger charge is -2.22. The van der Waals surface area contributed by atoms with Gasteiger partial charge in [-0.1, -0.05) is 36.8 Å². The summed E-state index contributed by atoms with van der Waals surface area (Å²) in [6, 6.07) is 15.1. The molecule has 0 fully saturated rings. The third-order valence-corrected chi connectivity index (χ3v) is 4.03. The van der Waals surface area contributed by atoms with Crippen molar-refractivity contribution in [1.29, 1.82) is 0 Å². The number of ether oxygens (including phenoxy) is 1. The molecule has 2 aromatic rings. The molecular weight excluding hydrogens is 361 g/mol.